The van der Waals surface area contributed by atoms with Crippen LogP contribution in [0.1, 0.15) is 20.7 Å². The third kappa shape index (κ3) is 2.56. The highest BCUT2D eigenvalue weighted by atomic mass is 16.2. The number of rotatable bonds is 3. The van der Waals surface area contributed by atoms with Crippen LogP contribution in [-0.2, 0) is 4.79 Å². The second-order valence-corrected chi connectivity index (χ2v) is 5.83. The van der Waals surface area contributed by atoms with Gasteiger partial charge in [0, 0.05) is 5.69 Å². The lowest BCUT2D eigenvalue weighted by atomic mass is 10.1. The van der Waals surface area contributed by atoms with Crippen molar-refractivity contribution in [3.05, 3.63) is 90.0 Å². The van der Waals surface area contributed by atoms with Gasteiger partial charge in [0.2, 0.25) is 0 Å². The molecule has 0 radical (unpaired) electrons. The van der Waals surface area contributed by atoms with Gasteiger partial charge in [0.05, 0.1) is 22.5 Å². The van der Waals surface area contributed by atoms with Crippen LogP contribution >= 0.6 is 0 Å². The van der Waals surface area contributed by atoms with Gasteiger partial charge >= 0.3 is 5.91 Å². The fourth-order valence-electron chi connectivity index (χ4n) is 2.96. The van der Waals surface area contributed by atoms with Crippen LogP contribution in [0.3, 0.4) is 0 Å². The molecule has 2 amide bonds. The fourth-order valence-corrected chi connectivity index (χ4v) is 2.96. The van der Waals surface area contributed by atoms with E-state index in [1.165, 1.54) is 0 Å². The zero-order valence-electron chi connectivity index (χ0n) is 13.7. The number of fused-ring (bicyclic) bond motifs is 1. The molecule has 5 nitrogen and oxygen atoms in total. The van der Waals surface area contributed by atoms with Crippen LogP contribution in [0.15, 0.2) is 78.9 Å². The molecule has 1 N–H and O–H groups in total. The molecule has 0 unspecified atom stereocenters. The summed E-state index contributed by atoms with van der Waals surface area (Å²) in [6.07, 6.45) is 0. The standard InChI is InChI=1S/C21H14N2O3/c24-19-16-11-5-7-13-18(16)23(21(19)26)20(25)15-10-4-6-12-17(15)22-14-8-2-1-3-9-14/h1-13,22H. The highest BCUT2D eigenvalue weighted by Gasteiger charge is 2.40. The maximum atomic E-state index is 13.1. The summed E-state index contributed by atoms with van der Waals surface area (Å²) < 4.78 is 0. The van der Waals surface area contributed by atoms with Crippen LogP contribution in [-0.4, -0.2) is 17.6 Å². The van der Waals surface area contributed by atoms with Gasteiger partial charge in [-0.3, -0.25) is 14.4 Å². The second-order valence-electron chi connectivity index (χ2n) is 5.83. The molecule has 0 aromatic heterocycles. The average Bonchev–Trinajstić information content (AvgIpc) is 2.93. The number of amides is 2. The summed E-state index contributed by atoms with van der Waals surface area (Å²) in [7, 11) is 0. The van der Waals surface area contributed by atoms with Crippen molar-refractivity contribution in [1.82, 2.24) is 0 Å². The Labute approximate surface area is 149 Å². The Morgan fingerprint density at radius 2 is 1.42 bits per heavy atom. The van der Waals surface area contributed by atoms with Crippen molar-refractivity contribution in [3.63, 3.8) is 0 Å². The first kappa shape index (κ1) is 15.8. The normalized spacial score (nSPS) is 12.8. The Morgan fingerprint density at radius 1 is 0.769 bits per heavy atom. The van der Waals surface area contributed by atoms with Gasteiger partial charge in [-0.05, 0) is 36.4 Å². The van der Waals surface area contributed by atoms with Crippen LogP contribution in [0.2, 0.25) is 0 Å². The van der Waals surface area contributed by atoms with E-state index in [0.717, 1.165) is 10.6 Å². The summed E-state index contributed by atoms with van der Waals surface area (Å²) in [6.45, 7) is 0. The van der Waals surface area contributed by atoms with E-state index in [2.05, 4.69) is 5.32 Å². The zero-order chi connectivity index (χ0) is 18.1. The number of Topliss-reactive ketones (excluding diaryl/α,β-unsaturated/α-hetero) is 1. The number of hydrogen-bond donors (Lipinski definition) is 1. The summed E-state index contributed by atoms with van der Waals surface area (Å²) in [5.41, 5.74) is 2.26. The van der Waals surface area contributed by atoms with Crippen molar-refractivity contribution in [2.45, 2.75) is 0 Å². The number of anilines is 3. The molecule has 26 heavy (non-hydrogen) atoms. The van der Waals surface area contributed by atoms with Gasteiger partial charge in [-0.1, -0.05) is 42.5 Å². The van der Waals surface area contributed by atoms with Crippen LogP contribution in [0, 0.1) is 0 Å². The molecule has 1 aliphatic heterocycles. The molecule has 126 valence electrons. The van der Waals surface area contributed by atoms with Gasteiger partial charge in [-0.15, -0.1) is 0 Å². The molecule has 1 heterocycles. The minimum Gasteiger partial charge on any atom is -0.355 e. The van der Waals surface area contributed by atoms with Crippen LogP contribution in [0.4, 0.5) is 17.1 Å². The number of nitrogens with one attached hydrogen (secondary N) is 1. The molecule has 0 spiro atoms. The number of carbonyl (C=O) groups excluding carboxylic acids is 3. The van der Waals surface area contributed by atoms with Gasteiger partial charge in [0.15, 0.2) is 0 Å². The summed E-state index contributed by atoms with van der Waals surface area (Å²) >= 11 is 0. The average molecular weight is 342 g/mol. The van der Waals surface area contributed by atoms with E-state index < -0.39 is 17.6 Å². The molecule has 0 saturated carbocycles. The Hall–Kier alpha value is -3.73. The molecule has 5 heteroatoms. The topological polar surface area (TPSA) is 66.5 Å². The molecule has 4 rings (SSSR count). The van der Waals surface area contributed by atoms with E-state index in [-0.39, 0.29) is 5.56 Å². The van der Waals surface area contributed by atoms with Crippen LogP contribution in [0.5, 0.6) is 0 Å². The van der Waals surface area contributed by atoms with Gasteiger partial charge < -0.3 is 5.32 Å². The summed E-state index contributed by atoms with van der Waals surface area (Å²) in [5, 5.41) is 3.18. The Bertz CT molecular complexity index is 1030. The molecule has 1 aliphatic rings. The number of para-hydroxylation sites is 3. The summed E-state index contributed by atoms with van der Waals surface area (Å²) in [4.78, 5) is 38.6. The molecular formula is C21H14N2O3. The van der Waals surface area contributed by atoms with Gasteiger partial charge in [0.1, 0.15) is 0 Å². The van der Waals surface area contributed by atoms with E-state index in [9.17, 15) is 14.4 Å². The molecule has 0 bridgehead atoms. The monoisotopic (exact) mass is 342 g/mol. The molecule has 0 fully saturated rings. The van der Waals surface area contributed by atoms with Crippen LogP contribution in [0.25, 0.3) is 0 Å². The van der Waals surface area contributed by atoms with Crippen molar-refractivity contribution < 1.29 is 14.4 Å². The predicted octanol–water partition coefficient (Wildman–Crippen LogP) is 3.80. The van der Waals surface area contributed by atoms with Crippen molar-refractivity contribution in [2.24, 2.45) is 0 Å². The quantitative estimate of drug-likeness (QED) is 0.581. The van der Waals surface area contributed by atoms with Crippen molar-refractivity contribution in [3.8, 4) is 0 Å². The van der Waals surface area contributed by atoms with E-state index in [1.54, 1.807) is 48.5 Å². The second kappa shape index (κ2) is 6.29. The molecule has 0 aliphatic carbocycles. The number of hydrogen-bond acceptors (Lipinski definition) is 4. The minimum atomic E-state index is -0.828. The van der Waals surface area contributed by atoms with E-state index >= 15 is 0 Å². The highest BCUT2D eigenvalue weighted by molar-refractivity contribution is 6.57. The fraction of sp³-hybridized carbons (Fsp3) is 0. The summed E-state index contributed by atoms with van der Waals surface area (Å²) in [6, 6.07) is 22.8. The smallest absolute Gasteiger partial charge is 0.306 e. The first-order chi connectivity index (χ1) is 12.7. The zero-order valence-corrected chi connectivity index (χ0v) is 13.7. The maximum absolute atomic E-state index is 13.1. The van der Waals surface area contributed by atoms with Crippen molar-refractivity contribution in [1.29, 1.82) is 0 Å². The third-order valence-electron chi connectivity index (χ3n) is 4.20. The summed E-state index contributed by atoms with van der Waals surface area (Å²) in [5.74, 6) is -2.03. The molecular weight excluding hydrogens is 328 g/mol. The lowest BCUT2D eigenvalue weighted by Gasteiger charge is -2.17. The molecule has 0 saturated heterocycles. The maximum Gasteiger partial charge on any atom is 0.306 e. The first-order valence-electron chi connectivity index (χ1n) is 8.10. The van der Waals surface area contributed by atoms with Crippen molar-refractivity contribution >= 4 is 34.7 Å². The lowest BCUT2D eigenvalue weighted by molar-refractivity contribution is -0.113. The SMILES string of the molecule is O=C1C(=O)N(C(=O)c2ccccc2Nc2ccccc2)c2ccccc21. The van der Waals surface area contributed by atoms with Gasteiger partial charge in [-0.25, -0.2) is 4.90 Å². The number of ketones is 1. The van der Waals surface area contributed by atoms with E-state index in [1.807, 2.05) is 30.3 Å². The van der Waals surface area contributed by atoms with Crippen molar-refractivity contribution in [2.75, 3.05) is 10.2 Å². The molecule has 3 aromatic carbocycles. The number of carbonyl (C=O) groups is 3. The number of nitrogens with zero attached hydrogens (tertiary/aromatic N) is 1. The first-order valence-corrected chi connectivity index (χ1v) is 8.10. The minimum absolute atomic E-state index is 0.249. The highest BCUT2D eigenvalue weighted by Crippen LogP contribution is 2.31. The van der Waals surface area contributed by atoms with E-state index in [4.69, 9.17) is 0 Å². The number of imide groups is 1. The van der Waals surface area contributed by atoms with Crippen LogP contribution < -0.4 is 10.2 Å². The predicted molar refractivity (Wildman–Crippen MR) is 98.8 cm³/mol. The Balaban J connectivity index is 1.74. The van der Waals surface area contributed by atoms with Gasteiger partial charge in [0.25, 0.3) is 11.7 Å². The molecule has 0 atom stereocenters. The van der Waals surface area contributed by atoms with E-state index in [0.29, 0.717) is 16.9 Å². The lowest BCUT2D eigenvalue weighted by Crippen LogP contribution is -2.36. The van der Waals surface area contributed by atoms with Gasteiger partial charge in [-0.2, -0.15) is 0 Å². The largest absolute Gasteiger partial charge is 0.355 e. The Kier molecular flexibility index (Phi) is 3.82. The third-order valence-corrected chi connectivity index (χ3v) is 4.20. The number of benzene rings is 3. The molecule has 3 aromatic rings. The Morgan fingerprint density at radius 3 is 2.23 bits per heavy atom.